The molecule has 0 aromatic heterocycles. The van der Waals surface area contributed by atoms with Crippen molar-refractivity contribution in [1.82, 2.24) is 5.32 Å². The van der Waals surface area contributed by atoms with Gasteiger partial charge in [-0.2, -0.15) is 0 Å². The third-order valence-electron chi connectivity index (χ3n) is 2.21. The summed E-state index contributed by atoms with van der Waals surface area (Å²) in [6.07, 6.45) is 1.08. The molecular weight excluding hydrogens is 266 g/mol. The van der Waals surface area contributed by atoms with Crippen molar-refractivity contribution in [2.45, 2.75) is 19.9 Å². The minimum absolute atomic E-state index is 0.354. The first kappa shape index (κ1) is 15.6. The van der Waals surface area contributed by atoms with Crippen LogP contribution in [0.2, 0.25) is 0 Å². The Morgan fingerprint density at radius 3 is 2.63 bits per heavy atom. The average Bonchev–Trinajstić information content (AvgIpc) is 2.24. The summed E-state index contributed by atoms with van der Waals surface area (Å²) in [4.78, 5) is 0. The molecule has 0 spiro atoms. The van der Waals surface area contributed by atoms with Crippen molar-refractivity contribution >= 4 is 21.4 Å². The van der Waals surface area contributed by atoms with Crippen LogP contribution in [-0.4, -0.2) is 33.9 Å². The monoisotopic (exact) mass is 287 g/mol. The van der Waals surface area contributed by atoms with Gasteiger partial charge in [0.15, 0.2) is 0 Å². The number of hydrogen-bond acceptors (Lipinski definition) is 5. The Bertz CT molecular complexity index is 515. The van der Waals surface area contributed by atoms with E-state index in [4.69, 9.17) is 10.5 Å². The molecule has 0 atom stereocenters. The van der Waals surface area contributed by atoms with E-state index < -0.39 is 10.0 Å². The van der Waals surface area contributed by atoms with Gasteiger partial charge in [-0.05, 0) is 18.2 Å². The number of hydrogen-bond donors (Lipinski definition) is 3. The second-order valence-corrected chi connectivity index (χ2v) is 6.34. The largest absolute Gasteiger partial charge is 0.490 e. The molecule has 0 fully saturated rings. The van der Waals surface area contributed by atoms with Crippen molar-refractivity contribution in [3.63, 3.8) is 0 Å². The molecule has 1 aromatic carbocycles. The van der Waals surface area contributed by atoms with E-state index in [0.717, 1.165) is 6.26 Å². The van der Waals surface area contributed by atoms with Crippen LogP contribution in [0.15, 0.2) is 18.2 Å². The Hall–Kier alpha value is -1.47. The molecule has 0 saturated heterocycles. The van der Waals surface area contributed by atoms with Gasteiger partial charge in [-0.25, -0.2) is 8.42 Å². The van der Waals surface area contributed by atoms with E-state index in [0.29, 0.717) is 36.3 Å². The maximum atomic E-state index is 11.3. The fraction of sp³-hybridized carbons (Fsp3) is 0.500. The Kier molecular flexibility index (Phi) is 5.44. The molecule has 6 nitrogen and oxygen atoms in total. The number of benzene rings is 1. The van der Waals surface area contributed by atoms with Crippen LogP contribution >= 0.6 is 0 Å². The van der Waals surface area contributed by atoms with E-state index in [1.807, 2.05) is 13.8 Å². The molecule has 4 N–H and O–H groups in total. The number of nitrogen functional groups attached to an aromatic ring is 1. The van der Waals surface area contributed by atoms with Crippen LogP contribution in [0, 0.1) is 0 Å². The van der Waals surface area contributed by atoms with E-state index in [2.05, 4.69) is 10.0 Å². The molecule has 0 amide bonds. The van der Waals surface area contributed by atoms with Crippen molar-refractivity contribution in [2.24, 2.45) is 0 Å². The molecule has 0 saturated carbocycles. The van der Waals surface area contributed by atoms with Crippen molar-refractivity contribution in [3.05, 3.63) is 18.2 Å². The van der Waals surface area contributed by atoms with Crippen LogP contribution in [0.1, 0.15) is 13.8 Å². The van der Waals surface area contributed by atoms with E-state index >= 15 is 0 Å². The van der Waals surface area contributed by atoms with Crippen molar-refractivity contribution < 1.29 is 13.2 Å². The second-order valence-electron chi connectivity index (χ2n) is 4.59. The molecule has 0 aliphatic heterocycles. The number of sulfonamides is 1. The minimum atomic E-state index is -3.36. The zero-order valence-electron chi connectivity index (χ0n) is 11.4. The summed E-state index contributed by atoms with van der Waals surface area (Å²) in [5, 5.41) is 3.21. The molecule has 0 unspecified atom stereocenters. The molecule has 0 aliphatic carbocycles. The normalized spacial score (nSPS) is 11.6. The molecule has 0 bridgehead atoms. The third kappa shape index (κ3) is 6.30. The first-order valence-corrected chi connectivity index (χ1v) is 7.90. The first-order valence-electron chi connectivity index (χ1n) is 6.01. The van der Waals surface area contributed by atoms with E-state index in [-0.39, 0.29) is 0 Å². The van der Waals surface area contributed by atoms with Gasteiger partial charge in [-0.3, -0.25) is 4.72 Å². The number of rotatable bonds is 7. The summed E-state index contributed by atoms with van der Waals surface area (Å²) >= 11 is 0. The van der Waals surface area contributed by atoms with Gasteiger partial charge in [0, 0.05) is 18.3 Å². The summed E-state index contributed by atoms with van der Waals surface area (Å²) < 4.78 is 30.5. The van der Waals surface area contributed by atoms with Crippen LogP contribution in [-0.2, 0) is 10.0 Å². The highest BCUT2D eigenvalue weighted by molar-refractivity contribution is 7.92. The molecule has 0 heterocycles. The minimum Gasteiger partial charge on any atom is -0.490 e. The zero-order valence-corrected chi connectivity index (χ0v) is 12.3. The fourth-order valence-electron chi connectivity index (χ4n) is 1.46. The van der Waals surface area contributed by atoms with Gasteiger partial charge in [0.05, 0.1) is 11.9 Å². The lowest BCUT2D eigenvalue weighted by Crippen LogP contribution is -2.27. The Balaban J connectivity index is 2.71. The highest BCUT2D eigenvalue weighted by Crippen LogP contribution is 2.27. The van der Waals surface area contributed by atoms with Gasteiger partial charge in [-0.1, -0.05) is 13.8 Å². The smallest absolute Gasteiger partial charge is 0.229 e. The summed E-state index contributed by atoms with van der Waals surface area (Å²) in [6.45, 7) is 5.21. The van der Waals surface area contributed by atoms with E-state index in [9.17, 15) is 8.42 Å². The molecule has 108 valence electrons. The van der Waals surface area contributed by atoms with Crippen molar-refractivity contribution in [3.8, 4) is 5.75 Å². The fourth-order valence-corrected chi connectivity index (χ4v) is 2.02. The van der Waals surface area contributed by atoms with Gasteiger partial charge >= 0.3 is 0 Å². The predicted molar refractivity (Wildman–Crippen MR) is 78.0 cm³/mol. The molecule has 0 aliphatic rings. The highest BCUT2D eigenvalue weighted by atomic mass is 32.2. The van der Waals surface area contributed by atoms with E-state index in [1.165, 1.54) is 6.07 Å². The Morgan fingerprint density at radius 1 is 1.37 bits per heavy atom. The summed E-state index contributed by atoms with van der Waals surface area (Å²) in [6, 6.07) is 5.23. The van der Waals surface area contributed by atoms with Crippen molar-refractivity contribution in [1.29, 1.82) is 0 Å². The van der Waals surface area contributed by atoms with Gasteiger partial charge in [0.25, 0.3) is 0 Å². The van der Waals surface area contributed by atoms with Gasteiger partial charge in [0.1, 0.15) is 12.4 Å². The molecule has 7 heteroatoms. The van der Waals surface area contributed by atoms with Crippen LogP contribution in [0.25, 0.3) is 0 Å². The van der Waals surface area contributed by atoms with Gasteiger partial charge < -0.3 is 15.8 Å². The van der Waals surface area contributed by atoms with Crippen molar-refractivity contribution in [2.75, 3.05) is 29.9 Å². The maximum Gasteiger partial charge on any atom is 0.229 e. The molecule has 19 heavy (non-hydrogen) atoms. The molecule has 1 aromatic rings. The number of ether oxygens (including phenoxy) is 1. The number of nitrogens with two attached hydrogens (primary N) is 1. The van der Waals surface area contributed by atoms with Gasteiger partial charge in [0.2, 0.25) is 10.0 Å². The predicted octanol–water partition coefficient (Wildman–Crippen LogP) is 1.02. The molecular formula is C12H21N3O3S. The first-order chi connectivity index (χ1) is 8.78. The van der Waals surface area contributed by atoms with Crippen LogP contribution in [0.4, 0.5) is 11.4 Å². The number of nitrogens with one attached hydrogen (secondary N) is 2. The number of anilines is 2. The maximum absolute atomic E-state index is 11.3. The van der Waals surface area contributed by atoms with Crippen LogP contribution in [0.5, 0.6) is 5.75 Å². The lowest BCUT2D eigenvalue weighted by Gasteiger charge is -2.14. The summed E-state index contributed by atoms with van der Waals surface area (Å²) in [7, 11) is -3.36. The van der Waals surface area contributed by atoms with Crippen LogP contribution < -0.4 is 20.5 Å². The molecule has 1 rings (SSSR count). The molecule has 0 radical (unpaired) electrons. The highest BCUT2D eigenvalue weighted by Gasteiger charge is 2.09. The third-order valence-corrected chi connectivity index (χ3v) is 2.80. The lowest BCUT2D eigenvalue weighted by atomic mass is 10.2. The quantitative estimate of drug-likeness (QED) is 0.514. The summed E-state index contributed by atoms with van der Waals surface area (Å²) in [5.74, 6) is 0.463. The Morgan fingerprint density at radius 2 is 2.05 bits per heavy atom. The summed E-state index contributed by atoms with van der Waals surface area (Å²) in [5.41, 5.74) is 6.46. The van der Waals surface area contributed by atoms with E-state index in [1.54, 1.807) is 12.1 Å². The zero-order chi connectivity index (χ0) is 14.5. The second kappa shape index (κ2) is 6.63. The van der Waals surface area contributed by atoms with Crippen LogP contribution in [0.3, 0.4) is 0 Å². The van der Waals surface area contributed by atoms with Gasteiger partial charge in [-0.15, -0.1) is 0 Å². The Labute approximate surface area is 114 Å². The average molecular weight is 287 g/mol. The topological polar surface area (TPSA) is 93.4 Å². The SMILES string of the molecule is CC(C)NCCOc1ccc(N)cc1NS(C)(=O)=O. The standard InChI is InChI=1S/C12H21N3O3S/c1-9(2)14-6-7-18-12-5-4-10(13)8-11(12)15-19(3,16)17/h4-5,8-9,14-15H,6-7,13H2,1-3H3. The lowest BCUT2D eigenvalue weighted by molar-refractivity contribution is 0.310.